The maximum atomic E-state index is 13.7. The van der Waals surface area contributed by atoms with E-state index in [-0.39, 0.29) is 18.1 Å². The highest BCUT2D eigenvalue weighted by Crippen LogP contribution is 2.25. The third kappa shape index (κ3) is 4.18. The third-order valence-electron chi connectivity index (χ3n) is 4.47. The molecule has 1 aliphatic rings. The van der Waals surface area contributed by atoms with Gasteiger partial charge in [-0.3, -0.25) is 4.79 Å². The fraction of sp³-hybridized carbons (Fsp3) is 0.0435. The molecule has 1 fully saturated rings. The van der Waals surface area contributed by atoms with Crippen LogP contribution in [0.5, 0.6) is 5.75 Å². The smallest absolute Gasteiger partial charge is 0.333 e. The van der Waals surface area contributed by atoms with E-state index < -0.39 is 11.9 Å². The number of halogens is 2. The number of hydrogen-bond donors (Lipinski definition) is 1. The molecule has 0 unspecified atom stereocenters. The normalized spacial score (nSPS) is 14.9. The van der Waals surface area contributed by atoms with Crippen LogP contribution in [-0.2, 0) is 11.4 Å². The molecule has 0 aromatic heterocycles. The van der Waals surface area contributed by atoms with Crippen molar-refractivity contribution in [1.82, 2.24) is 5.32 Å². The Kier molecular flexibility index (Phi) is 5.50. The molecule has 1 saturated heterocycles. The van der Waals surface area contributed by atoms with E-state index >= 15 is 0 Å². The van der Waals surface area contributed by atoms with Crippen LogP contribution in [-0.4, -0.2) is 11.9 Å². The number of nitrogens with zero attached hydrogens (tertiary/aromatic N) is 1. The lowest BCUT2D eigenvalue weighted by molar-refractivity contribution is -0.113. The Morgan fingerprint density at radius 3 is 2.60 bits per heavy atom. The Hall–Kier alpha value is -3.64. The van der Waals surface area contributed by atoms with E-state index in [1.54, 1.807) is 72.8 Å². The zero-order valence-electron chi connectivity index (χ0n) is 15.6. The van der Waals surface area contributed by atoms with Crippen LogP contribution in [0.15, 0.2) is 78.5 Å². The molecule has 5 nitrogen and oxygen atoms in total. The molecule has 1 aliphatic heterocycles. The van der Waals surface area contributed by atoms with Crippen LogP contribution in [0, 0.1) is 5.82 Å². The number of hydrogen-bond acceptors (Lipinski definition) is 3. The summed E-state index contributed by atoms with van der Waals surface area (Å²) in [6.45, 7) is 0.0743. The van der Waals surface area contributed by atoms with Gasteiger partial charge in [-0.1, -0.05) is 48.0 Å². The molecule has 7 heteroatoms. The average molecular weight is 423 g/mol. The number of imide groups is 1. The van der Waals surface area contributed by atoms with Crippen LogP contribution in [0.25, 0.3) is 6.08 Å². The van der Waals surface area contributed by atoms with Crippen molar-refractivity contribution in [1.29, 1.82) is 0 Å². The quantitative estimate of drug-likeness (QED) is 0.456. The number of anilines is 1. The van der Waals surface area contributed by atoms with Crippen molar-refractivity contribution in [2.45, 2.75) is 6.61 Å². The zero-order chi connectivity index (χ0) is 21.1. The lowest BCUT2D eigenvalue weighted by Crippen LogP contribution is -2.30. The first-order chi connectivity index (χ1) is 14.5. The first kappa shape index (κ1) is 19.7. The summed E-state index contributed by atoms with van der Waals surface area (Å²) in [5.41, 5.74) is 1.61. The van der Waals surface area contributed by atoms with Gasteiger partial charge in [-0.05, 0) is 48.0 Å². The number of rotatable bonds is 5. The van der Waals surface area contributed by atoms with E-state index in [2.05, 4.69) is 5.32 Å². The predicted molar refractivity (Wildman–Crippen MR) is 113 cm³/mol. The van der Waals surface area contributed by atoms with Gasteiger partial charge < -0.3 is 10.1 Å². The topological polar surface area (TPSA) is 58.6 Å². The van der Waals surface area contributed by atoms with E-state index in [1.165, 1.54) is 6.07 Å². The molecule has 3 aromatic carbocycles. The van der Waals surface area contributed by atoms with Gasteiger partial charge in [0, 0.05) is 10.6 Å². The predicted octanol–water partition coefficient (Wildman–Crippen LogP) is 5.16. The molecule has 3 aromatic rings. The van der Waals surface area contributed by atoms with Gasteiger partial charge in [0.15, 0.2) is 0 Å². The highest BCUT2D eigenvalue weighted by Gasteiger charge is 2.34. The van der Waals surface area contributed by atoms with Crippen molar-refractivity contribution < 1.29 is 18.7 Å². The standard InChI is InChI=1S/C23H16ClFN2O3/c24-17-7-4-8-18(13-17)27-22(28)21(26-23(27)29)12-15-5-3-9-19(11-15)30-14-16-6-1-2-10-20(16)25/h1-13H,14H2,(H,26,29). The Morgan fingerprint density at radius 1 is 1.00 bits per heavy atom. The molecule has 1 N–H and O–H groups in total. The van der Waals surface area contributed by atoms with Gasteiger partial charge in [0.25, 0.3) is 5.91 Å². The molecular weight excluding hydrogens is 407 g/mol. The van der Waals surface area contributed by atoms with E-state index in [0.29, 0.717) is 27.6 Å². The maximum absolute atomic E-state index is 13.7. The summed E-state index contributed by atoms with van der Waals surface area (Å²) >= 11 is 5.96. The Balaban J connectivity index is 1.52. The van der Waals surface area contributed by atoms with Crippen molar-refractivity contribution in [2.75, 3.05) is 4.90 Å². The first-order valence-corrected chi connectivity index (χ1v) is 9.48. The molecule has 0 spiro atoms. The molecule has 150 valence electrons. The van der Waals surface area contributed by atoms with Gasteiger partial charge in [0.1, 0.15) is 23.9 Å². The third-order valence-corrected chi connectivity index (χ3v) is 4.70. The molecule has 0 atom stereocenters. The molecule has 0 saturated carbocycles. The summed E-state index contributed by atoms with van der Waals surface area (Å²) in [7, 11) is 0. The van der Waals surface area contributed by atoms with Gasteiger partial charge in [-0.25, -0.2) is 14.1 Å². The summed E-state index contributed by atoms with van der Waals surface area (Å²) in [5.74, 6) is -0.313. The van der Waals surface area contributed by atoms with E-state index in [9.17, 15) is 14.0 Å². The summed E-state index contributed by atoms with van der Waals surface area (Å²) in [5, 5.41) is 2.99. The summed E-state index contributed by atoms with van der Waals surface area (Å²) < 4.78 is 19.4. The van der Waals surface area contributed by atoms with Crippen molar-refractivity contribution >= 4 is 35.3 Å². The second-order valence-electron chi connectivity index (χ2n) is 6.56. The number of nitrogens with one attached hydrogen (secondary N) is 1. The SMILES string of the molecule is O=C1NC(=Cc2cccc(OCc3ccccc3F)c2)C(=O)N1c1cccc(Cl)c1. The fourth-order valence-corrected chi connectivity index (χ4v) is 3.21. The van der Waals surface area contributed by atoms with Crippen LogP contribution in [0.4, 0.5) is 14.9 Å². The molecule has 1 heterocycles. The van der Waals surface area contributed by atoms with E-state index in [1.807, 2.05) is 0 Å². The van der Waals surface area contributed by atoms with E-state index in [4.69, 9.17) is 16.3 Å². The van der Waals surface area contributed by atoms with Crippen LogP contribution in [0.2, 0.25) is 5.02 Å². The largest absolute Gasteiger partial charge is 0.489 e. The van der Waals surface area contributed by atoms with Crippen LogP contribution in [0.3, 0.4) is 0 Å². The zero-order valence-corrected chi connectivity index (χ0v) is 16.4. The second-order valence-corrected chi connectivity index (χ2v) is 7.00. The Morgan fingerprint density at radius 2 is 1.80 bits per heavy atom. The van der Waals surface area contributed by atoms with Gasteiger partial charge in [-0.2, -0.15) is 0 Å². The second kappa shape index (κ2) is 8.39. The average Bonchev–Trinajstić information content (AvgIpc) is 3.00. The summed E-state index contributed by atoms with van der Waals surface area (Å²) in [6.07, 6.45) is 1.56. The van der Waals surface area contributed by atoms with Crippen LogP contribution in [0.1, 0.15) is 11.1 Å². The minimum Gasteiger partial charge on any atom is -0.489 e. The number of benzene rings is 3. The lowest BCUT2D eigenvalue weighted by Gasteiger charge is -2.11. The fourth-order valence-electron chi connectivity index (χ4n) is 3.02. The molecule has 0 radical (unpaired) electrons. The molecule has 3 amide bonds. The van der Waals surface area contributed by atoms with Crippen LogP contribution >= 0.6 is 11.6 Å². The van der Waals surface area contributed by atoms with Crippen LogP contribution < -0.4 is 15.0 Å². The number of carbonyl (C=O) groups is 2. The number of urea groups is 1. The van der Waals surface area contributed by atoms with Gasteiger partial charge >= 0.3 is 6.03 Å². The number of amides is 3. The van der Waals surface area contributed by atoms with Crippen molar-refractivity contribution in [3.8, 4) is 5.75 Å². The lowest BCUT2D eigenvalue weighted by atomic mass is 10.1. The van der Waals surface area contributed by atoms with Gasteiger partial charge in [-0.15, -0.1) is 0 Å². The first-order valence-electron chi connectivity index (χ1n) is 9.10. The highest BCUT2D eigenvalue weighted by atomic mass is 35.5. The van der Waals surface area contributed by atoms with Crippen molar-refractivity contribution in [3.63, 3.8) is 0 Å². The number of ether oxygens (including phenoxy) is 1. The van der Waals surface area contributed by atoms with Gasteiger partial charge in [0.05, 0.1) is 5.69 Å². The highest BCUT2D eigenvalue weighted by molar-refractivity contribution is 6.32. The van der Waals surface area contributed by atoms with Crippen molar-refractivity contribution in [3.05, 3.63) is 100 Å². The summed E-state index contributed by atoms with van der Waals surface area (Å²) in [4.78, 5) is 26.1. The maximum Gasteiger partial charge on any atom is 0.333 e. The minimum absolute atomic E-state index is 0.0743. The molecular formula is C23H16ClFN2O3. The Labute approximate surface area is 177 Å². The summed E-state index contributed by atoms with van der Waals surface area (Å²) in [6, 6.07) is 19.3. The van der Waals surface area contributed by atoms with Gasteiger partial charge in [0.2, 0.25) is 0 Å². The molecule has 0 aliphatic carbocycles. The molecule has 30 heavy (non-hydrogen) atoms. The molecule has 0 bridgehead atoms. The monoisotopic (exact) mass is 422 g/mol. The molecule has 4 rings (SSSR count). The Bertz CT molecular complexity index is 1160. The van der Waals surface area contributed by atoms with Crippen molar-refractivity contribution in [2.24, 2.45) is 0 Å². The van der Waals surface area contributed by atoms with E-state index in [0.717, 1.165) is 4.90 Å². The number of carbonyl (C=O) groups excluding carboxylic acids is 2. The minimum atomic E-state index is -0.555.